The monoisotopic (exact) mass is 239 g/mol. The van der Waals surface area contributed by atoms with Gasteiger partial charge in [-0.15, -0.1) is 0 Å². The van der Waals surface area contributed by atoms with Crippen LogP contribution in [0.5, 0.6) is 0 Å². The normalized spacial score (nSPS) is 19.9. The molecule has 2 heterocycles. The Balaban J connectivity index is 2.03. The minimum absolute atomic E-state index is 0.177. The average Bonchev–Trinajstić information content (AvgIpc) is 2.78. The lowest BCUT2D eigenvalue weighted by molar-refractivity contribution is 0.305. The van der Waals surface area contributed by atoms with Crippen molar-refractivity contribution in [2.75, 3.05) is 38.1 Å². The Kier molecular flexibility index (Phi) is 3.63. The molecule has 0 aliphatic carbocycles. The molecule has 2 N–H and O–H groups in total. The predicted octanol–water partition coefficient (Wildman–Crippen LogP) is 0.477. The van der Waals surface area contributed by atoms with Crippen molar-refractivity contribution in [1.82, 2.24) is 15.0 Å². The van der Waals surface area contributed by atoms with Gasteiger partial charge in [0.05, 0.1) is 6.04 Å². The van der Waals surface area contributed by atoms with Crippen LogP contribution in [0.2, 0.25) is 0 Å². The molecule has 0 bridgehead atoms. The lowest BCUT2D eigenvalue weighted by Gasteiger charge is -2.31. The number of rotatable bonds is 3. The number of piperazine rings is 1. The summed E-state index contributed by atoms with van der Waals surface area (Å²) in [4.78, 5) is 8.81. The van der Waals surface area contributed by atoms with Crippen molar-refractivity contribution < 1.29 is 4.52 Å². The van der Waals surface area contributed by atoms with Crippen LogP contribution in [0.25, 0.3) is 0 Å². The molecule has 1 unspecified atom stereocenters. The maximum absolute atomic E-state index is 5.98. The number of nitrogens with two attached hydrogens (primary N) is 1. The summed E-state index contributed by atoms with van der Waals surface area (Å²) in [7, 11) is 2.12. The van der Waals surface area contributed by atoms with Crippen LogP contribution in [-0.2, 0) is 0 Å². The highest BCUT2D eigenvalue weighted by atomic mass is 16.5. The van der Waals surface area contributed by atoms with Gasteiger partial charge in [-0.3, -0.25) is 0 Å². The Morgan fingerprint density at radius 3 is 2.47 bits per heavy atom. The molecule has 2 rings (SSSR count). The molecule has 1 fully saturated rings. The quantitative estimate of drug-likeness (QED) is 0.827. The molecule has 0 saturated carbocycles. The Morgan fingerprint density at radius 2 is 1.88 bits per heavy atom. The summed E-state index contributed by atoms with van der Waals surface area (Å²) < 4.78 is 5.23. The molecule has 17 heavy (non-hydrogen) atoms. The highest BCUT2D eigenvalue weighted by Crippen LogP contribution is 2.20. The van der Waals surface area contributed by atoms with Crippen molar-refractivity contribution in [3.05, 3.63) is 5.89 Å². The van der Waals surface area contributed by atoms with Crippen LogP contribution >= 0.6 is 0 Å². The first-order chi connectivity index (χ1) is 8.08. The van der Waals surface area contributed by atoms with Crippen molar-refractivity contribution in [3.8, 4) is 0 Å². The molecule has 1 atom stereocenters. The standard InChI is InChI=1S/C11H21N5O/c1-8(2)9(12)10-13-11(14-17-10)16-6-4-15(3)5-7-16/h8-9H,4-7,12H2,1-3H3. The second-order valence-electron chi connectivity index (χ2n) is 4.99. The average molecular weight is 239 g/mol. The largest absolute Gasteiger partial charge is 0.336 e. The van der Waals surface area contributed by atoms with Gasteiger partial charge < -0.3 is 20.1 Å². The van der Waals surface area contributed by atoms with Crippen LogP contribution in [0, 0.1) is 5.92 Å². The van der Waals surface area contributed by atoms with Gasteiger partial charge in [-0.2, -0.15) is 4.98 Å². The van der Waals surface area contributed by atoms with Gasteiger partial charge in [0.15, 0.2) is 0 Å². The lowest BCUT2D eigenvalue weighted by atomic mass is 10.1. The van der Waals surface area contributed by atoms with Crippen molar-refractivity contribution in [1.29, 1.82) is 0 Å². The van der Waals surface area contributed by atoms with E-state index in [2.05, 4.69) is 27.0 Å². The summed E-state index contributed by atoms with van der Waals surface area (Å²) in [5, 5.41) is 4.01. The molecule has 0 radical (unpaired) electrons. The molecule has 0 amide bonds. The fourth-order valence-corrected chi connectivity index (χ4v) is 1.78. The van der Waals surface area contributed by atoms with Gasteiger partial charge in [-0.05, 0) is 18.1 Å². The molecular formula is C11H21N5O. The number of hydrogen-bond donors (Lipinski definition) is 1. The summed E-state index contributed by atoms with van der Waals surface area (Å²) >= 11 is 0. The molecular weight excluding hydrogens is 218 g/mol. The smallest absolute Gasteiger partial charge is 0.266 e. The van der Waals surface area contributed by atoms with E-state index in [0.717, 1.165) is 26.2 Å². The molecule has 1 saturated heterocycles. The van der Waals surface area contributed by atoms with Crippen molar-refractivity contribution in [2.45, 2.75) is 19.9 Å². The summed E-state index contributed by atoms with van der Waals surface area (Å²) in [6.07, 6.45) is 0. The van der Waals surface area contributed by atoms with Gasteiger partial charge in [0.1, 0.15) is 0 Å². The van der Waals surface area contributed by atoms with E-state index < -0.39 is 0 Å². The number of anilines is 1. The van der Waals surface area contributed by atoms with E-state index in [1.165, 1.54) is 0 Å². The van der Waals surface area contributed by atoms with Crippen LogP contribution in [0.4, 0.5) is 5.95 Å². The van der Waals surface area contributed by atoms with Gasteiger partial charge >= 0.3 is 0 Å². The Labute approximate surface area is 102 Å². The van der Waals surface area contributed by atoms with E-state index in [9.17, 15) is 0 Å². The Hall–Kier alpha value is -1.14. The van der Waals surface area contributed by atoms with Gasteiger partial charge in [-0.1, -0.05) is 13.8 Å². The number of aromatic nitrogens is 2. The fraction of sp³-hybridized carbons (Fsp3) is 0.818. The third-order valence-corrected chi connectivity index (χ3v) is 3.22. The zero-order valence-electron chi connectivity index (χ0n) is 10.8. The second kappa shape index (κ2) is 5.01. The van der Waals surface area contributed by atoms with Gasteiger partial charge in [0, 0.05) is 26.2 Å². The van der Waals surface area contributed by atoms with E-state index in [4.69, 9.17) is 10.3 Å². The van der Waals surface area contributed by atoms with Crippen LogP contribution in [0.3, 0.4) is 0 Å². The number of likely N-dealkylation sites (N-methyl/N-ethyl adjacent to an activating group) is 1. The molecule has 1 aromatic heterocycles. The van der Waals surface area contributed by atoms with E-state index in [1.54, 1.807) is 0 Å². The first kappa shape index (κ1) is 12.3. The highest BCUT2D eigenvalue weighted by Gasteiger charge is 2.22. The zero-order valence-corrected chi connectivity index (χ0v) is 10.8. The zero-order chi connectivity index (χ0) is 12.4. The third kappa shape index (κ3) is 2.76. The summed E-state index contributed by atoms with van der Waals surface area (Å²) in [5.74, 6) is 1.51. The van der Waals surface area contributed by atoms with Crippen molar-refractivity contribution >= 4 is 5.95 Å². The molecule has 0 spiro atoms. The van der Waals surface area contributed by atoms with Crippen molar-refractivity contribution in [2.24, 2.45) is 11.7 Å². The summed E-state index contributed by atoms with van der Waals surface area (Å²) in [6, 6.07) is -0.177. The minimum atomic E-state index is -0.177. The molecule has 1 aromatic rings. The minimum Gasteiger partial charge on any atom is -0.336 e. The highest BCUT2D eigenvalue weighted by molar-refractivity contribution is 5.28. The van der Waals surface area contributed by atoms with Gasteiger partial charge in [0.2, 0.25) is 5.89 Å². The third-order valence-electron chi connectivity index (χ3n) is 3.22. The Morgan fingerprint density at radius 1 is 1.24 bits per heavy atom. The predicted molar refractivity (Wildman–Crippen MR) is 65.8 cm³/mol. The SMILES string of the molecule is CC(C)C(N)c1nc(N2CCN(C)CC2)no1. The first-order valence-electron chi connectivity index (χ1n) is 6.10. The number of hydrogen-bond acceptors (Lipinski definition) is 6. The van der Waals surface area contributed by atoms with Gasteiger partial charge in [0.25, 0.3) is 5.95 Å². The maximum atomic E-state index is 5.98. The maximum Gasteiger partial charge on any atom is 0.266 e. The number of nitrogens with zero attached hydrogens (tertiary/aromatic N) is 4. The van der Waals surface area contributed by atoms with Crippen LogP contribution in [0.1, 0.15) is 25.8 Å². The van der Waals surface area contributed by atoms with Crippen LogP contribution in [-0.4, -0.2) is 48.3 Å². The molecule has 1 aliphatic heterocycles. The molecule has 96 valence electrons. The summed E-state index contributed by atoms with van der Waals surface area (Å²) in [6.45, 7) is 8.02. The van der Waals surface area contributed by atoms with Crippen molar-refractivity contribution in [3.63, 3.8) is 0 Å². The van der Waals surface area contributed by atoms with Crippen LogP contribution in [0.15, 0.2) is 4.52 Å². The second-order valence-corrected chi connectivity index (χ2v) is 4.99. The van der Waals surface area contributed by atoms with E-state index in [1.807, 2.05) is 13.8 Å². The van der Waals surface area contributed by atoms with Gasteiger partial charge in [-0.25, -0.2) is 0 Å². The van der Waals surface area contributed by atoms with E-state index in [-0.39, 0.29) is 6.04 Å². The Bertz CT molecular complexity index is 356. The first-order valence-corrected chi connectivity index (χ1v) is 6.10. The fourth-order valence-electron chi connectivity index (χ4n) is 1.78. The van der Waals surface area contributed by atoms with E-state index >= 15 is 0 Å². The molecule has 0 aromatic carbocycles. The molecule has 1 aliphatic rings. The molecule has 6 nitrogen and oxygen atoms in total. The van der Waals surface area contributed by atoms with Crippen LogP contribution < -0.4 is 10.6 Å². The topological polar surface area (TPSA) is 71.4 Å². The molecule has 6 heteroatoms. The van der Waals surface area contributed by atoms with E-state index in [0.29, 0.717) is 17.8 Å². The lowest BCUT2D eigenvalue weighted by Crippen LogP contribution is -2.44. The summed E-state index contributed by atoms with van der Waals surface area (Å²) in [5.41, 5.74) is 5.98.